The van der Waals surface area contributed by atoms with Gasteiger partial charge in [0.15, 0.2) is 0 Å². The number of carbonyl (C=O) groups excluding carboxylic acids is 1. The zero-order valence-corrected chi connectivity index (χ0v) is 13.6. The van der Waals surface area contributed by atoms with Crippen LogP contribution >= 0.6 is 11.3 Å². The lowest BCUT2D eigenvalue weighted by Gasteiger charge is -2.33. The number of nitrogens with zero attached hydrogens (tertiary/aromatic N) is 2. The van der Waals surface area contributed by atoms with Crippen LogP contribution in [0.1, 0.15) is 28.1 Å². The third-order valence-corrected chi connectivity index (χ3v) is 5.19. The highest BCUT2D eigenvalue weighted by Crippen LogP contribution is 2.22. The molecule has 0 aliphatic carbocycles. The molecule has 2 aromatic heterocycles. The predicted molar refractivity (Wildman–Crippen MR) is 90.6 cm³/mol. The molecule has 1 amide bonds. The maximum atomic E-state index is 12.1. The van der Waals surface area contributed by atoms with Crippen molar-refractivity contribution in [3.8, 4) is 0 Å². The van der Waals surface area contributed by atoms with Crippen molar-refractivity contribution in [3.05, 3.63) is 46.4 Å². The molecule has 1 aliphatic heterocycles. The molecule has 0 bridgehead atoms. The molecule has 2 aromatic rings. The summed E-state index contributed by atoms with van der Waals surface area (Å²) in [5.41, 5.74) is 2.40. The third kappa shape index (κ3) is 3.65. The molecule has 0 unspecified atom stereocenters. The van der Waals surface area contributed by atoms with E-state index in [4.69, 9.17) is 0 Å². The quantitative estimate of drug-likeness (QED) is 0.943. The summed E-state index contributed by atoms with van der Waals surface area (Å²) in [4.78, 5) is 19.3. The van der Waals surface area contributed by atoms with Gasteiger partial charge in [-0.3, -0.25) is 9.78 Å². The highest BCUT2D eigenvalue weighted by molar-refractivity contribution is 7.12. The molecule has 0 spiro atoms. The van der Waals surface area contributed by atoms with Crippen molar-refractivity contribution in [2.45, 2.75) is 19.8 Å². The van der Waals surface area contributed by atoms with Crippen molar-refractivity contribution < 1.29 is 4.79 Å². The highest BCUT2D eigenvalue weighted by atomic mass is 32.1. The Morgan fingerprint density at radius 1 is 1.36 bits per heavy atom. The van der Waals surface area contributed by atoms with Crippen molar-refractivity contribution in [2.24, 2.45) is 5.92 Å². The lowest BCUT2D eigenvalue weighted by atomic mass is 9.96. The predicted octanol–water partition coefficient (Wildman–Crippen LogP) is 3.10. The van der Waals surface area contributed by atoms with Crippen LogP contribution in [0.4, 0.5) is 5.69 Å². The van der Waals surface area contributed by atoms with E-state index in [2.05, 4.69) is 27.3 Å². The van der Waals surface area contributed by atoms with Crippen LogP contribution in [0.15, 0.2) is 36.0 Å². The Balaban J connectivity index is 1.45. The summed E-state index contributed by atoms with van der Waals surface area (Å²) in [6.07, 6.45) is 5.91. The fraction of sp³-hybridized carbons (Fsp3) is 0.412. The first-order chi connectivity index (χ1) is 10.7. The Morgan fingerprint density at radius 3 is 2.73 bits per heavy atom. The van der Waals surface area contributed by atoms with Gasteiger partial charge in [-0.2, -0.15) is 0 Å². The zero-order chi connectivity index (χ0) is 15.4. The maximum absolute atomic E-state index is 12.1. The Hall–Kier alpha value is -1.88. The first-order valence-electron chi connectivity index (χ1n) is 7.70. The van der Waals surface area contributed by atoms with E-state index in [1.807, 2.05) is 30.8 Å². The van der Waals surface area contributed by atoms with Gasteiger partial charge in [0.2, 0.25) is 0 Å². The number of pyridine rings is 1. The fourth-order valence-electron chi connectivity index (χ4n) is 2.82. The van der Waals surface area contributed by atoms with Crippen LogP contribution < -0.4 is 10.2 Å². The maximum Gasteiger partial charge on any atom is 0.261 e. The number of hydrogen-bond donors (Lipinski definition) is 1. The molecule has 1 N–H and O–H groups in total. The number of amides is 1. The van der Waals surface area contributed by atoms with E-state index < -0.39 is 0 Å². The molecule has 1 saturated heterocycles. The number of anilines is 1. The molecule has 3 rings (SSSR count). The molecular formula is C17H21N3OS. The Labute approximate surface area is 135 Å². The van der Waals surface area contributed by atoms with Crippen LogP contribution in [0.3, 0.4) is 0 Å². The number of rotatable bonds is 4. The van der Waals surface area contributed by atoms with E-state index in [9.17, 15) is 4.79 Å². The van der Waals surface area contributed by atoms with Gasteiger partial charge >= 0.3 is 0 Å². The highest BCUT2D eigenvalue weighted by Gasteiger charge is 2.20. The number of carbonyl (C=O) groups is 1. The van der Waals surface area contributed by atoms with Crippen LogP contribution in [-0.2, 0) is 0 Å². The van der Waals surface area contributed by atoms with Gasteiger partial charge in [-0.05, 0) is 54.8 Å². The molecule has 5 heteroatoms. The van der Waals surface area contributed by atoms with E-state index in [-0.39, 0.29) is 5.91 Å². The minimum atomic E-state index is 0.0645. The van der Waals surface area contributed by atoms with Gasteiger partial charge in [-0.1, -0.05) is 0 Å². The standard InChI is InChI=1S/C17H21N3OS/c1-13-10-16(22-12-13)17(21)19-11-14-4-8-20(9-5-14)15-2-6-18-7-3-15/h2-3,6-7,10,12,14H,4-5,8-9,11H2,1H3,(H,19,21). The molecule has 1 aliphatic rings. The molecule has 0 atom stereocenters. The number of aryl methyl sites for hydroxylation is 1. The number of nitrogens with one attached hydrogen (secondary N) is 1. The lowest BCUT2D eigenvalue weighted by molar-refractivity contribution is 0.0949. The Morgan fingerprint density at radius 2 is 2.09 bits per heavy atom. The van der Waals surface area contributed by atoms with E-state index in [0.29, 0.717) is 5.92 Å². The number of aromatic nitrogens is 1. The van der Waals surface area contributed by atoms with Gasteiger partial charge in [0.05, 0.1) is 4.88 Å². The molecule has 116 valence electrons. The summed E-state index contributed by atoms with van der Waals surface area (Å²) in [6, 6.07) is 6.06. The molecule has 1 fully saturated rings. The van der Waals surface area contributed by atoms with Crippen LogP contribution in [0.5, 0.6) is 0 Å². The molecule has 0 radical (unpaired) electrons. The number of hydrogen-bond acceptors (Lipinski definition) is 4. The molecule has 4 nitrogen and oxygen atoms in total. The minimum absolute atomic E-state index is 0.0645. The summed E-state index contributed by atoms with van der Waals surface area (Å²) in [5, 5.41) is 5.10. The van der Waals surface area contributed by atoms with Gasteiger partial charge in [-0.15, -0.1) is 11.3 Å². The molecule has 3 heterocycles. The van der Waals surface area contributed by atoms with E-state index in [1.54, 1.807) is 0 Å². The van der Waals surface area contributed by atoms with Gasteiger partial charge in [0.1, 0.15) is 0 Å². The summed E-state index contributed by atoms with van der Waals surface area (Å²) in [5.74, 6) is 0.637. The number of piperidine rings is 1. The molecule has 22 heavy (non-hydrogen) atoms. The van der Waals surface area contributed by atoms with E-state index >= 15 is 0 Å². The van der Waals surface area contributed by atoms with E-state index in [0.717, 1.165) is 42.9 Å². The minimum Gasteiger partial charge on any atom is -0.371 e. The molecular weight excluding hydrogens is 294 g/mol. The van der Waals surface area contributed by atoms with Gasteiger partial charge in [0, 0.05) is 37.7 Å². The van der Waals surface area contributed by atoms with Crippen molar-refractivity contribution in [2.75, 3.05) is 24.5 Å². The van der Waals surface area contributed by atoms with Crippen LogP contribution in [0, 0.1) is 12.8 Å². The Bertz CT molecular complexity index is 618. The third-order valence-electron chi connectivity index (χ3n) is 4.15. The first kappa shape index (κ1) is 15.0. The normalized spacial score (nSPS) is 15.8. The van der Waals surface area contributed by atoms with Gasteiger partial charge in [0.25, 0.3) is 5.91 Å². The topological polar surface area (TPSA) is 45.2 Å². The Kier molecular flexibility index (Phi) is 4.73. The SMILES string of the molecule is Cc1csc(C(=O)NCC2CCN(c3ccncc3)CC2)c1. The van der Waals surface area contributed by atoms with Crippen LogP contribution in [0.25, 0.3) is 0 Å². The number of thiophene rings is 1. The zero-order valence-electron chi connectivity index (χ0n) is 12.8. The monoisotopic (exact) mass is 315 g/mol. The van der Waals surface area contributed by atoms with Crippen molar-refractivity contribution in [1.29, 1.82) is 0 Å². The first-order valence-corrected chi connectivity index (χ1v) is 8.58. The van der Waals surface area contributed by atoms with Crippen molar-refractivity contribution in [3.63, 3.8) is 0 Å². The fourth-order valence-corrected chi connectivity index (χ4v) is 3.64. The van der Waals surface area contributed by atoms with Crippen LogP contribution in [-0.4, -0.2) is 30.5 Å². The second kappa shape index (κ2) is 6.92. The summed E-state index contributed by atoms with van der Waals surface area (Å²) in [6.45, 7) is 4.88. The lowest BCUT2D eigenvalue weighted by Crippen LogP contribution is -2.38. The average molecular weight is 315 g/mol. The van der Waals surface area contributed by atoms with E-state index in [1.165, 1.54) is 17.0 Å². The molecule has 0 aromatic carbocycles. The molecule has 0 saturated carbocycles. The summed E-state index contributed by atoms with van der Waals surface area (Å²) < 4.78 is 0. The summed E-state index contributed by atoms with van der Waals surface area (Å²) >= 11 is 1.52. The second-order valence-corrected chi connectivity index (χ2v) is 6.75. The smallest absolute Gasteiger partial charge is 0.261 e. The van der Waals surface area contributed by atoms with Crippen LogP contribution in [0.2, 0.25) is 0 Å². The van der Waals surface area contributed by atoms with Crippen molar-refractivity contribution >= 4 is 22.9 Å². The average Bonchev–Trinajstić information content (AvgIpc) is 3.00. The van der Waals surface area contributed by atoms with Crippen molar-refractivity contribution in [1.82, 2.24) is 10.3 Å². The van der Waals surface area contributed by atoms with Gasteiger partial charge in [-0.25, -0.2) is 0 Å². The van der Waals surface area contributed by atoms with Gasteiger partial charge < -0.3 is 10.2 Å². The second-order valence-electron chi connectivity index (χ2n) is 5.83. The largest absolute Gasteiger partial charge is 0.371 e. The summed E-state index contributed by atoms with van der Waals surface area (Å²) in [7, 11) is 0.